The van der Waals surface area contributed by atoms with Crippen molar-refractivity contribution in [3.63, 3.8) is 0 Å². The van der Waals surface area contributed by atoms with Crippen LogP contribution in [0.5, 0.6) is 17.4 Å². The van der Waals surface area contributed by atoms with E-state index in [1.54, 1.807) is 49.6 Å². The molecule has 3 heterocycles. The number of furan rings is 1. The van der Waals surface area contributed by atoms with Crippen molar-refractivity contribution in [3.05, 3.63) is 91.0 Å². The van der Waals surface area contributed by atoms with Crippen LogP contribution < -0.4 is 14.8 Å². The number of hydrogen-bond donors (Lipinski definition) is 1. The van der Waals surface area contributed by atoms with Crippen LogP contribution in [-0.4, -0.2) is 27.8 Å². The summed E-state index contributed by atoms with van der Waals surface area (Å²) in [6, 6.07) is 21.5. The molecule has 32 heavy (non-hydrogen) atoms. The molecule has 0 aliphatic heterocycles. The third-order valence-electron chi connectivity index (χ3n) is 4.78. The number of nitrogens with one attached hydrogen (secondary N) is 1. The van der Waals surface area contributed by atoms with Crippen molar-refractivity contribution in [2.45, 2.75) is 0 Å². The summed E-state index contributed by atoms with van der Waals surface area (Å²) in [6.45, 7) is 0. The lowest BCUT2D eigenvalue weighted by molar-refractivity contribution is 0.0998. The zero-order valence-electron chi connectivity index (χ0n) is 17.1. The molecule has 0 saturated carbocycles. The van der Waals surface area contributed by atoms with Gasteiger partial charge >= 0.3 is 0 Å². The minimum atomic E-state index is -0.358. The largest absolute Gasteiger partial charge is 0.493 e. The van der Waals surface area contributed by atoms with Crippen molar-refractivity contribution in [1.82, 2.24) is 14.8 Å². The molecule has 0 aliphatic carbocycles. The summed E-state index contributed by atoms with van der Waals surface area (Å²) in [5.41, 5.74) is 1.14. The molecule has 0 bridgehead atoms. The molecular weight excluding hydrogens is 408 g/mol. The number of benzene rings is 2. The van der Waals surface area contributed by atoms with Crippen LogP contribution in [0, 0.1) is 0 Å². The first-order chi connectivity index (χ1) is 15.7. The van der Waals surface area contributed by atoms with Crippen LogP contribution in [0.4, 0.5) is 5.69 Å². The molecule has 8 heteroatoms. The number of para-hydroxylation sites is 1. The van der Waals surface area contributed by atoms with E-state index in [2.05, 4.69) is 15.5 Å². The Labute approximate surface area is 183 Å². The Balaban J connectivity index is 1.25. The third kappa shape index (κ3) is 3.89. The zero-order chi connectivity index (χ0) is 21.9. The van der Waals surface area contributed by atoms with E-state index in [-0.39, 0.29) is 11.7 Å². The van der Waals surface area contributed by atoms with Crippen LogP contribution in [0.1, 0.15) is 10.6 Å². The zero-order valence-corrected chi connectivity index (χ0v) is 17.1. The number of methoxy groups -OCH3 is 1. The van der Waals surface area contributed by atoms with Gasteiger partial charge in [-0.25, -0.2) is 0 Å². The van der Waals surface area contributed by atoms with Gasteiger partial charge in [0.15, 0.2) is 22.9 Å². The fraction of sp³-hybridized carbons (Fsp3) is 0.0417. The molecule has 3 aromatic heterocycles. The van der Waals surface area contributed by atoms with Crippen molar-refractivity contribution < 1.29 is 18.7 Å². The molecule has 0 atom stereocenters. The van der Waals surface area contributed by atoms with Gasteiger partial charge < -0.3 is 23.8 Å². The first-order valence-corrected chi connectivity index (χ1v) is 9.82. The fourth-order valence-electron chi connectivity index (χ4n) is 3.22. The molecule has 158 valence electrons. The maximum atomic E-state index is 12.6. The number of aromatic nitrogens is 3. The normalized spacial score (nSPS) is 10.8. The van der Waals surface area contributed by atoms with Gasteiger partial charge in [-0.1, -0.05) is 12.1 Å². The smallest absolute Gasteiger partial charge is 0.291 e. The third-order valence-corrected chi connectivity index (χ3v) is 4.78. The fourth-order valence-corrected chi connectivity index (χ4v) is 3.22. The lowest BCUT2D eigenvalue weighted by Crippen LogP contribution is -2.10. The highest BCUT2D eigenvalue weighted by Gasteiger charge is 2.15. The number of rotatable bonds is 6. The van der Waals surface area contributed by atoms with Gasteiger partial charge in [0.25, 0.3) is 5.91 Å². The highest BCUT2D eigenvalue weighted by Crippen LogP contribution is 2.29. The number of carbonyl (C=O) groups is 1. The summed E-state index contributed by atoms with van der Waals surface area (Å²) >= 11 is 0. The summed E-state index contributed by atoms with van der Waals surface area (Å²) in [7, 11) is 1.56. The van der Waals surface area contributed by atoms with E-state index >= 15 is 0 Å². The SMILES string of the molecule is COc1cccc2cc(C(=O)Nc3ccc(Oc4ccc(-n5cccc5)nn4)cc3)oc12. The predicted molar refractivity (Wildman–Crippen MR) is 119 cm³/mol. The monoisotopic (exact) mass is 426 g/mol. The number of anilines is 1. The van der Waals surface area contributed by atoms with Gasteiger partial charge in [0.05, 0.1) is 7.11 Å². The highest BCUT2D eigenvalue weighted by atomic mass is 16.5. The van der Waals surface area contributed by atoms with E-state index in [0.717, 1.165) is 5.39 Å². The van der Waals surface area contributed by atoms with E-state index in [1.165, 1.54) is 0 Å². The first-order valence-electron chi connectivity index (χ1n) is 9.82. The van der Waals surface area contributed by atoms with Crippen molar-refractivity contribution >= 4 is 22.6 Å². The number of fused-ring (bicyclic) bond motifs is 1. The molecule has 8 nitrogen and oxygen atoms in total. The quantitative estimate of drug-likeness (QED) is 0.408. The standard InChI is InChI=1S/C24H18N4O4/c1-30-19-6-4-5-16-15-20(32-23(16)19)24(29)25-17-7-9-18(10-8-17)31-22-12-11-21(26-27-22)28-13-2-3-14-28/h2-15H,1H3,(H,25,29). The van der Waals surface area contributed by atoms with Crippen LogP contribution in [-0.2, 0) is 0 Å². The second kappa shape index (κ2) is 8.27. The molecule has 1 amide bonds. The summed E-state index contributed by atoms with van der Waals surface area (Å²) < 4.78 is 18.5. The summed E-state index contributed by atoms with van der Waals surface area (Å²) in [6.07, 6.45) is 3.78. The van der Waals surface area contributed by atoms with Crippen LogP contribution >= 0.6 is 0 Å². The number of hydrogen-bond acceptors (Lipinski definition) is 6. The summed E-state index contributed by atoms with van der Waals surface area (Å²) in [5.74, 6) is 2.05. The summed E-state index contributed by atoms with van der Waals surface area (Å²) in [4.78, 5) is 12.6. The van der Waals surface area contributed by atoms with Crippen LogP contribution in [0.3, 0.4) is 0 Å². The second-order valence-corrected chi connectivity index (χ2v) is 6.89. The Hall–Kier alpha value is -4.59. The van der Waals surface area contributed by atoms with Gasteiger partial charge in [0.1, 0.15) is 5.75 Å². The van der Waals surface area contributed by atoms with Crippen molar-refractivity contribution in [2.75, 3.05) is 12.4 Å². The van der Waals surface area contributed by atoms with Gasteiger partial charge in [0.2, 0.25) is 5.88 Å². The maximum absolute atomic E-state index is 12.6. The average molecular weight is 426 g/mol. The predicted octanol–water partition coefficient (Wildman–Crippen LogP) is 5.07. The number of carbonyl (C=O) groups excluding carboxylic acids is 1. The lowest BCUT2D eigenvalue weighted by Gasteiger charge is -2.07. The Morgan fingerprint density at radius 2 is 1.78 bits per heavy atom. The molecule has 1 N–H and O–H groups in total. The van der Waals surface area contributed by atoms with Crippen LogP contribution in [0.2, 0.25) is 0 Å². The molecule has 0 spiro atoms. The molecule has 5 aromatic rings. The Bertz CT molecular complexity index is 1360. The molecular formula is C24H18N4O4. The van der Waals surface area contributed by atoms with Gasteiger partial charge in [-0.3, -0.25) is 4.79 Å². The lowest BCUT2D eigenvalue weighted by atomic mass is 10.2. The second-order valence-electron chi connectivity index (χ2n) is 6.89. The van der Waals surface area contributed by atoms with Crippen LogP contribution in [0.25, 0.3) is 16.8 Å². The first kappa shape index (κ1) is 19.4. The Kier molecular flexibility index (Phi) is 5.01. The molecule has 0 fully saturated rings. The highest BCUT2D eigenvalue weighted by molar-refractivity contribution is 6.05. The Morgan fingerprint density at radius 1 is 0.969 bits per heavy atom. The Morgan fingerprint density at radius 3 is 2.50 bits per heavy atom. The van der Waals surface area contributed by atoms with Gasteiger partial charge in [-0.05, 0) is 54.6 Å². The average Bonchev–Trinajstić information content (AvgIpc) is 3.51. The van der Waals surface area contributed by atoms with E-state index in [9.17, 15) is 4.79 Å². The van der Waals surface area contributed by atoms with Crippen LogP contribution in [0.15, 0.2) is 89.6 Å². The van der Waals surface area contributed by atoms with E-state index in [4.69, 9.17) is 13.9 Å². The van der Waals surface area contributed by atoms with Gasteiger partial charge in [-0.15, -0.1) is 10.2 Å². The minimum Gasteiger partial charge on any atom is -0.493 e. The van der Waals surface area contributed by atoms with Gasteiger partial charge in [0, 0.05) is 29.5 Å². The molecule has 0 saturated heterocycles. The van der Waals surface area contributed by atoms with Gasteiger partial charge in [-0.2, -0.15) is 0 Å². The molecule has 0 aliphatic rings. The topological polar surface area (TPSA) is 91.4 Å². The number of amides is 1. The van der Waals surface area contributed by atoms with E-state index in [1.807, 2.05) is 47.3 Å². The molecule has 0 radical (unpaired) electrons. The van der Waals surface area contributed by atoms with E-state index < -0.39 is 0 Å². The molecule has 5 rings (SSSR count). The van der Waals surface area contributed by atoms with Crippen molar-refractivity contribution in [3.8, 4) is 23.2 Å². The molecule has 2 aromatic carbocycles. The minimum absolute atomic E-state index is 0.197. The molecule has 0 unspecified atom stereocenters. The van der Waals surface area contributed by atoms with E-state index in [0.29, 0.717) is 34.5 Å². The maximum Gasteiger partial charge on any atom is 0.291 e. The summed E-state index contributed by atoms with van der Waals surface area (Å²) in [5, 5.41) is 11.8. The van der Waals surface area contributed by atoms with Crippen molar-refractivity contribution in [2.24, 2.45) is 0 Å². The van der Waals surface area contributed by atoms with Crippen molar-refractivity contribution in [1.29, 1.82) is 0 Å². The number of ether oxygens (including phenoxy) is 2. The number of nitrogens with zero attached hydrogens (tertiary/aromatic N) is 3.